The van der Waals surface area contributed by atoms with Crippen LogP contribution in [0.2, 0.25) is 0 Å². The van der Waals surface area contributed by atoms with Crippen LogP contribution < -0.4 is 10.1 Å². The van der Waals surface area contributed by atoms with Gasteiger partial charge in [0.2, 0.25) is 0 Å². The molecule has 1 aliphatic heterocycles. The van der Waals surface area contributed by atoms with Gasteiger partial charge in [-0.3, -0.25) is 14.7 Å². The van der Waals surface area contributed by atoms with E-state index in [0.717, 1.165) is 18.7 Å². The number of carbonyl (C=O) groups excluding carboxylic acids is 1. The second-order valence-corrected chi connectivity index (χ2v) is 5.71. The number of rotatable bonds is 7. The molecule has 0 aromatic carbocycles. The SMILES string of the molecule is CCOc1ccc(C(=O)NC[C@H](c2cccnc2)N2CCOCC2)o1. The first-order valence-corrected chi connectivity index (χ1v) is 8.50. The Morgan fingerprint density at radius 2 is 2.20 bits per heavy atom. The van der Waals surface area contributed by atoms with Crippen LogP contribution in [0.4, 0.5) is 0 Å². The monoisotopic (exact) mass is 345 g/mol. The molecule has 3 heterocycles. The molecule has 134 valence electrons. The van der Waals surface area contributed by atoms with Gasteiger partial charge in [-0.05, 0) is 24.6 Å². The number of ether oxygens (including phenoxy) is 2. The van der Waals surface area contributed by atoms with Crippen molar-refractivity contribution in [2.45, 2.75) is 13.0 Å². The zero-order valence-electron chi connectivity index (χ0n) is 14.3. The maximum atomic E-state index is 12.4. The molecule has 2 aromatic rings. The molecule has 0 spiro atoms. The van der Waals surface area contributed by atoms with E-state index in [1.54, 1.807) is 18.3 Å². The summed E-state index contributed by atoms with van der Waals surface area (Å²) in [5.74, 6) is 0.341. The van der Waals surface area contributed by atoms with E-state index in [9.17, 15) is 4.79 Å². The van der Waals surface area contributed by atoms with Crippen molar-refractivity contribution < 1.29 is 18.7 Å². The number of pyridine rings is 1. The van der Waals surface area contributed by atoms with Crippen LogP contribution in [0.1, 0.15) is 29.1 Å². The molecule has 1 amide bonds. The van der Waals surface area contributed by atoms with Crippen LogP contribution in [0.15, 0.2) is 41.1 Å². The molecule has 0 aliphatic carbocycles. The zero-order chi connectivity index (χ0) is 17.5. The summed E-state index contributed by atoms with van der Waals surface area (Å²) in [6.45, 7) is 5.86. The topological polar surface area (TPSA) is 76.8 Å². The molecule has 1 saturated heterocycles. The summed E-state index contributed by atoms with van der Waals surface area (Å²) in [6.07, 6.45) is 3.59. The number of nitrogens with zero attached hydrogens (tertiary/aromatic N) is 2. The van der Waals surface area contributed by atoms with Crippen LogP contribution in [-0.2, 0) is 4.74 Å². The van der Waals surface area contributed by atoms with Gasteiger partial charge >= 0.3 is 0 Å². The number of carbonyl (C=O) groups is 1. The Balaban J connectivity index is 1.66. The molecular formula is C18H23N3O4. The maximum Gasteiger partial charge on any atom is 0.287 e. The lowest BCUT2D eigenvalue weighted by atomic mass is 10.1. The van der Waals surface area contributed by atoms with Gasteiger partial charge in [-0.1, -0.05) is 6.07 Å². The Hall–Kier alpha value is -2.38. The van der Waals surface area contributed by atoms with Gasteiger partial charge in [0.25, 0.3) is 11.9 Å². The molecule has 1 atom stereocenters. The van der Waals surface area contributed by atoms with E-state index in [0.29, 0.717) is 32.3 Å². The third-order valence-corrected chi connectivity index (χ3v) is 4.10. The molecule has 25 heavy (non-hydrogen) atoms. The average molecular weight is 345 g/mol. The van der Waals surface area contributed by atoms with Gasteiger partial charge in [-0.25, -0.2) is 0 Å². The highest BCUT2D eigenvalue weighted by Crippen LogP contribution is 2.21. The Kier molecular flexibility index (Phi) is 6.03. The van der Waals surface area contributed by atoms with Crippen molar-refractivity contribution >= 4 is 5.91 Å². The van der Waals surface area contributed by atoms with Crippen molar-refractivity contribution in [3.8, 4) is 5.95 Å². The lowest BCUT2D eigenvalue weighted by Gasteiger charge is -2.34. The molecule has 1 fully saturated rings. The molecule has 0 saturated carbocycles. The van der Waals surface area contributed by atoms with Gasteiger partial charge < -0.3 is 19.2 Å². The molecule has 1 aliphatic rings. The minimum Gasteiger partial charge on any atom is -0.465 e. The van der Waals surface area contributed by atoms with E-state index < -0.39 is 0 Å². The van der Waals surface area contributed by atoms with Crippen molar-refractivity contribution in [1.82, 2.24) is 15.2 Å². The van der Waals surface area contributed by atoms with Gasteiger partial charge in [0, 0.05) is 38.1 Å². The Morgan fingerprint density at radius 3 is 2.92 bits per heavy atom. The number of aromatic nitrogens is 1. The second kappa shape index (κ2) is 8.64. The largest absolute Gasteiger partial charge is 0.465 e. The van der Waals surface area contributed by atoms with Gasteiger partial charge in [-0.15, -0.1) is 0 Å². The quantitative estimate of drug-likeness (QED) is 0.826. The van der Waals surface area contributed by atoms with Crippen molar-refractivity contribution in [2.24, 2.45) is 0 Å². The van der Waals surface area contributed by atoms with Crippen molar-refractivity contribution in [2.75, 3.05) is 39.5 Å². The van der Waals surface area contributed by atoms with Crippen molar-refractivity contribution in [3.05, 3.63) is 48.0 Å². The Labute approximate surface area is 146 Å². The van der Waals surface area contributed by atoms with E-state index in [1.165, 1.54) is 0 Å². The number of furan rings is 1. The standard InChI is InChI=1S/C18H23N3O4/c1-2-24-17-6-5-16(25-17)18(22)20-13-15(14-4-3-7-19-12-14)21-8-10-23-11-9-21/h3-7,12,15H,2,8-11,13H2,1H3,(H,20,22)/t15-/m1/s1. The van der Waals surface area contributed by atoms with Crippen molar-refractivity contribution in [3.63, 3.8) is 0 Å². The highest BCUT2D eigenvalue weighted by Gasteiger charge is 2.24. The van der Waals surface area contributed by atoms with Crippen molar-refractivity contribution in [1.29, 1.82) is 0 Å². The van der Waals surface area contributed by atoms with Gasteiger partial charge in [0.15, 0.2) is 5.76 Å². The first-order valence-electron chi connectivity index (χ1n) is 8.50. The molecule has 3 rings (SSSR count). The third kappa shape index (κ3) is 4.58. The minimum atomic E-state index is -0.256. The summed E-state index contributed by atoms with van der Waals surface area (Å²) >= 11 is 0. The molecule has 0 unspecified atom stereocenters. The van der Waals surface area contributed by atoms with Crippen LogP contribution in [0.25, 0.3) is 0 Å². The molecule has 1 N–H and O–H groups in total. The molecule has 0 radical (unpaired) electrons. The fourth-order valence-corrected chi connectivity index (χ4v) is 2.86. The van der Waals surface area contributed by atoms with Crippen LogP contribution in [0.5, 0.6) is 5.95 Å². The molecule has 7 heteroatoms. The number of morpholine rings is 1. The van der Waals surface area contributed by atoms with E-state index in [4.69, 9.17) is 13.9 Å². The van der Waals surface area contributed by atoms with E-state index in [-0.39, 0.29) is 17.7 Å². The van der Waals surface area contributed by atoms with Crippen LogP contribution in [-0.4, -0.2) is 55.2 Å². The first-order chi connectivity index (χ1) is 12.3. The fraction of sp³-hybridized carbons (Fsp3) is 0.444. The highest BCUT2D eigenvalue weighted by atomic mass is 16.6. The molecular weight excluding hydrogens is 322 g/mol. The highest BCUT2D eigenvalue weighted by molar-refractivity contribution is 5.91. The second-order valence-electron chi connectivity index (χ2n) is 5.71. The summed E-state index contributed by atoms with van der Waals surface area (Å²) in [5, 5.41) is 2.95. The van der Waals surface area contributed by atoms with Gasteiger partial charge in [0.1, 0.15) is 0 Å². The summed E-state index contributed by atoms with van der Waals surface area (Å²) < 4.78 is 16.1. The van der Waals surface area contributed by atoms with Crippen LogP contribution in [0, 0.1) is 0 Å². The summed E-state index contributed by atoms with van der Waals surface area (Å²) in [4.78, 5) is 18.9. The lowest BCUT2D eigenvalue weighted by molar-refractivity contribution is 0.0161. The fourth-order valence-electron chi connectivity index (χ4n) is 2.86. The Morgan fingerprint density at radius 1 is 1.36 bits per heavy atom. The summed E-state index contributed by atoms with van der Waals surface area (Å²) in [5.41, 5.74) is 1.07. The normalized spacial score (nSPS) is 16.4. The summed E-state index contributed by atoms with van der Waals surface area (Å²) in [6, 6.07) is 7.25. The minimum absolute atomic E-state index is 0.0443. The summed E-state index contributed by atoms with van der Waals surface area (Å²) in [7, 11) is 0. The number of hydrogen-bond donors (Lipinski definition) is 1. The molecule has 0 bridgehead atoms. The zero-order valence-corrected chi connectivity index (χ0v) is 14.3. The number of amides is 1. The van der Waals surface area contributed by atoms with Crippen LogP contribution in [0.3, 0.4) is 0 Å². The van der Waals surface area contributed by atoms with E-state index >= 15 is 0 Å². The maximum absolute atomic E-state index is 12.4. The predicted molar refractivity (Wildman–Crippen MR) is 91.6 cm³/mol. The van der Waals surface area contributed by atoms with Gasteiger partial charge in [0.05, 0.1) is 25.9 Å². The molecule has 7 nitrogen and oxygen atoms in total. The average Bonchev–Trinajstić information content (AvgIpc) is 3.13. The lowest BCUT2D eigenvalue weighted by Crippen LogP contribution is -2.43. The van der Waals surface area contributed by atoms with Gasteiger partial charge in [-0.2, -0.15) is 0 Å². The van der Waals surface area contributed by atoms with E-state index in [2.05, 4.69) is 15.2 Å². The smallest absolute Gasteiger partial charge is 0.287 e. The predicted octanol–water partition coefficient (Wildman–Crippen LogP) is 1.88. The Bertz CT molecular complexity index is 668. The molecule has 2 aromatic heterocycles. The number of nitrogens with one attached hydrogen (secondary N) is 1. The van der Waals surface area contributed by atoms with E-state index in [1.807, 2.05) is 25.3 Å². The van der Waals surface area contributed by atoms with Crippen LogP contribution >= 0.6 is 0 Å². The number of hydrogen-bond acceptors (Lipinski definition) is 6. The third-order valence-electron chi connectivity index (χ3n) is 4.10. The first kappa shape index (κ1) is 17.4.